The molecule has 1 heterocycles. The van der Waals surface area contributed by atoms with Gasteiger partial charge in [-0.25, -0.2) is 0 Å². The first kappa shape index (κ1) is 18.6. The molecule has 0 spiro atoms. The summed E-state index contributed by atoms with van der Waals surface area (Å²) in [5.74, 6) is 0.348. The van der Waals surface area contributed by atoms with Crippen LogP contribution in [0.2, 0.25) is 0 Å². The van der Waals surface area contributed by atoms with Crippen molar-refractivity contribution in [2.75, 3.05) is 18.2 Å². The normalized spacial score (nSPS) is 11.8. The standard InChI is InChI=1S/C14H16N4O3S3/c1-8(12(20)16-9-3-5-10(21-2)6-4-9)23-14-18-17-13(24-14)22-7-11(15)19/h3-6,8H,7H2,1-2H3,(H2,15,19)(H,16,20)/t8-/m1/s1. The van der Waals surface area contributed by atoms with Crippen LogP contribution in [0.25, 0.3) is 0 Å². The smallest absolute Gasteiger partial charge is 0.237 e. The Balaban J connectivity index is 1.87. The van der Waals surface area contributed by atoms with Crippen molar-refractivity contribution in [3.8, 4) is 5.75 Å². The minimum Gasteiger partial charge on any atom is -0.497 e. The van der Waals surface area contributed by atoms with E-state index in [1.54, 1.807) is 38.3 Å². The molecule has 0 aliphatic rings. The lowest BCUT2D eigenvalue weighted by Crippen LogP contribution is -2.22. The molecule has 2 aromatic rings. The van der Waals surface area contributed by atoms with Gasteiger partial charge < -0.3 is 15.8 Å². The number of ether oxygens (including phenoxy) is 1. The highest BCUT2D eigenvalue weighted by molar-refractivity contribution is 8.04. The lowest BCUT2D eigenvalue weighted by molar-refractivity contribution is -0.116. The van der Waals surface area contributed by atoms with Crippen LogP contribution >= 0.6 is 34.9 Å². The molecule has 1 aromatic heterocycles. The van der Waals surface area contributed by atoms with E-state index in [0.29, 0.717) is 14.4 Å². The van der Waals surface area contributed by atoms with E-state index < -0.39 is 5.91 Å². The molecule has 0 fully saturated rings. The number of rotatable bonds is 8. The van der Waals surface area contributed by atoms with Gasteiger partial charge in [-0.3, -0.25) is 9.59 Å². The van der Waals surface area contributed by atoms with Crippen molar-refractivity contribution in [2.45, 2.75) is 20.9 Å². The van der Waals surface area contributed by atoms with Gasteiger partial charge in [-0.05, 0) is 31.2 Å². The summed E-state index contributed by atoms with van der Waals surface area (Å²) in [6.45, 7) is 1.79. The molecule has 3 N–H and O–H groups in total. The zero-order valence-electron chi connectivity index (χ0n) is 13.0. The maximum atomic E-state index is 12.2. The van der Waals surface area contributed by atoms with Crippen LogP contribution in [-0.4, -0.2) is 40.1 Å². The van der Waals surface area contributed by atoms with Gasteiger partial charge >= 0.3 is 0 Å². The molecule has 2 rings (SSSR count). The number of methoxy groups -OCH3 is 1. The Kier molecular flexibility index (Phi) is 6.88. The first-order chi connectivity index (χ1) is 11.5. The molecular weight excluding hydrogens is 368 g/mol. The fourth-order valence-electron chi connectivity index (χ4n) is 1.56. The third-order valence-electron chi connectivity index (χ3n) is 2.73. The van der Waals surface area contributed by atoms with Gasteiger partial charge in [0.2, 0.25) is 11.8 Å². The van der Waals surface area contributed by atoms with E-state index in [1.807, 2.05) is 0 Å². The summed E-state index contributed by atoms with van der Waals surface area (Å²) in [7, 11) is 1.59. The van der Waals surface area contributed by atoms with Gasteiger partial charge in [-0.2, -0.15) is 0 Å². The van der Waals surface area contributed by atoms with Gasteiger partial charge in [-0.1, -0.05) is 34.9 Å². The lowest BCUT2D eigenvalue weighted by Gasteiger charge is -2.10. The van der Waals surface area contributed by atoms with E-state index >= 15 is 0 Å². The molecule has 24 heavy (non-hydrogen) atoms. The van der Waals surface area contributed by atoms with Crippen LogP contribution in [0.1, 0.15) is 6.92 Å². The molecule has 128 valence electrons. The quantitative estimate of drug-likeness (QED) is 0.672. The maximum absolute atomic E-state index is 12.2. The van der Waals surface area contributed by atoms with Crippen molar-refractivity contribution >= 4 is 52.4 Å². The van der Waals surface area contributed by atoms with E-state index in [0.717, 1.165) is 5.75 Å². The number of carbonyl (C=O) groups is 2. The van der Waals surface area contributed by atoms with Crippen molar-refractivity contribution in [3.05, 3.63) is 24.3 Å². The Labute approximate surface area is 151 Å². The molecule has 1 aromatic carbocycles. The number of hydrogen-bond donors (Lipinski definition) is 2. The largest absolute Gasteiger partial charge is 0.497 e. The Bertz CT molecular complexity index is 706. The predicted molar refractivity (Wildman–Crippen MR) is 96.8 cm³/mol. The predicted octanol–water partition coefficient (Wildman–Crippen LogP) is 2.24. The second-order valence-corrected chi connectivity index (χ2v) is 8.35. The van der Waals surface area contributed by atoms with E-state index in [1.165, 1.54) is 34.9 Å². The molecule has 0 bridgehead atoms. The molecule has 7 nitrogen and oxygen atoms in total. The van der Waals surface area contributed by atoms with E-state index in [9.17, 15) is 9.59 Å². The summed E-state index contributed by atoms with van der Waals surface area (Å²) >= 11 is 3.88. The van der Waals surface area contributed by atoms with E-state index in [2.05, 4.69) is 15.5 Å². The van der Waals surface area contributed by atoms with Crippen molar-refractivity contribution in [2.24, 2.45) is 5.73 Å². The average Bonchev–Trinajstić information content (AvgIpc) is 3.01. The molecule has 0 unspecified atom stereocenters. The number of primary amides is 1. The second kappa shape index (κ2) is 8.90. The molecular formula is C14H16N4O3S3. The number of hydrogen-bond acceptors (Lipinski definition) is 8. The third-order valence-corrected chi connectivity index (χ3v) is 5.99. The van der Waals surface area contributed by atoms with Crippen LogP contribution in [0.3, 0.4) is 0 Å². The zero-order chi connectivity index (χ0) is 17.5. The molecule has 10 heteroatoms. The lowest BCUT2D eigenvalue weighted by atomic mass is 10.3. The highest BCUT2D eigenvalue weighted by Crippen LogP contribution is 2.31. The van der Waals surface area contributed by atoms with Crippen LogP contribution < -0.4 is 15.8 Å². The number of amides is 2. The fraction of sp³-hybridized carbons (Fsp3) is 0.286. The topological polar surface area (TPSA) is 107 Å². The Hall–Kier alpha value is -1.78. The SMILES string of the molecule is COc1ccc(NC(=O)[C@@H](C)Sc2nnc(SCC(N)=O)s2)cc1. The monoisotopic (exact) mass is 384 g/mol. The van der Waals surface area contributed by atoms with Gasteiger partial charge in [-0.15, -0.1) is 10.2 Å². The van der Waals surface area contributed by atoms with Crippen LogP contribution in [0, 0.1) is 0 Å². The number of thioether (sulfide) groups is 2. The molecule has 0 saturated carbocycles. The summed E-state index contributed by atoms with van der Waals surface area (Å²) in [5, 5.41) is 10.5. The van der Waals surface area contributed by atoms with Gasteiger partial charge in [0.25, 0.3) is 0 Å². The van der Waals surface area contributed by atoms with Crippen molar-refractivity contribution in [3.63, 3.8) is 0 Å². The number of anilines is 1. The Morgan fingerprint density at radius 2 is 1.96 bits per heavy atom. The maximum Gasteiger partial charge on any atom is 0.237 e. The van der Waals surface area contributed by atoms with Crippen molar-refractivity contribution < 1.29 is 14.3 Å². The van der Waals surface area contributed by atoms with Gasteiger partial charge in [0.15, 0.2) is 8.68 Å². The second-order valence-electron chi connectivity index (χ2n) is 4.57. The number of nitrogens with zero attached hydrogens (tertiary/aromatic N) is 2. The molecule has 1 atom stereocenters. The summed E-state index contributed by atoms with van der Waals surface area (Å²) in [5.41, 5.74) is 5.79. The first-order valence-electron chi connectivity index (χ1n) is 6.84. The number of carbonyl (C=O) groups excluding carboxylic acids is 2. The minimum atomic E-state index is -0.406. The fourth-order valence-corrected chi connectivity index (χ4v) is 4.46. The number of benzene rings is 1. The van der Waals surface area contributed by atoms with Crippen LogP contribution in [0.4, 0.5) is 5.69 Å². The van der Waals surface area contributed by atoms with Crippen LogP contribution in [0.5, 0.6) is 5.75 Å². The highest BCUT2D eigenvalue weighted by Gasteiger charge is 2.17. The summed E-state index contributed by atoms with van der Waals surface area (Å²) < 4.78 is 6.39. The zero-order valence-corrected chi connectivity index (χ0v) is 15.5. The number of nitrogens with one attached hydrogen (secondary N) is 1. The number of aromatic nitrogens is 2. The molecule has 0 aliphatic carbocycles. The van der Waals surface area contributed by atoms with Gasteiger partial charge in [0, 0.05) is 5.69 Å². The first-order valence-corrected chi connectivity index (χ1v) is 9.52. The minimum absolute atomic E-state index is 0.133. The van der Waals surface area contributed by atoms with Gasteiger partial charge in [0.1, 0.15) is 5.75 Å². The van der Waals surface area contributed by atoms with Crippen LogP contribution in [-0.2, 0) is 9.59 Å². The Morgan fingerprint density at radius 3 is 2.58 bits per heavy atom. The summed E-state index contributed by atoms with van der Waals surface area (Å²) in [6, 6.07) is 7.11. The number of nitrogens with two attached hydrogens (primary N) is 1. The van der Waals surface area contributed by atoms with Crippen molar-refractivity contribution in [1.29, 1.82) is 0 Å². The van der Waals surface area contributed by atoms with Gasteiger partial charge in [0.05, 0.1) is 18.1 Å². The summed E-state index contributed by atoms with van der Waals surface area (Å²) in [4.78, 5) is 23.0. The highest BCUT2D eigenvalue weighted by atomic mass is 32.2. The third kappa shape index (κ3) is 5.69. The molecule has 2 amide bonds. The average molecular weight is 385 g/mol. The summed E-state index contributed by atoms with van der Waals surface area (Å²) in [6.07, 6.45) is 0. The van der Waals surface area contributed by atoms with E-state index in [-0.39, 0.29) is 16.9 Å². The molecule has 0 radical (unpaired) electrons. The van der Waals surface area contributed by atoms with E-state index in [4.69, 9.17) is 10.5 Å². The molecule has 0 saturated heterocycles. The molecule has 0 aliphatic heterocycles. The van der Waals surface area contributed by atoms with Crippen molar-refractivity contribution in [1.82, 2.24) is 10.2 Å². The van der Waals surface area contributed by atoms with Crippen LogP contribution in [0.15, 0.2) is 32.9 Å². The Morgan fingerprint density at radius 1 is 1.29 bits per heavy atom.